The Morgan fingerprint density at radius 1 is 1.29 bits per heavy atom. The fraction of sp³-hybridized carbons (Fsp3) is 0.250. The summed E-state index contributed by atoms with van der Waals surface area (Å²) < 4.78 is 1.72. The Bertz CT molecular complexity index is 493. The first kappa shape index (κ1) is 12.0. The molecule has 0 amide bonds. The maximum absolute atomic E-state index is 9.19. The van der Waals surface area contributed by atoms with E-state index in [1.54, 1.807) is 23.0 Å². The Balaban J connectivity index is 2.16. The number of phenols is 1. The van der Waals surface area contributed by atoms with Gasteiger partial charge in [0.2, 0.25) is 0 Å². The molecule has 0 saturated heterocycles. The van der Waals surface area contributed by atoms with Crippen molar-refractivity contribution >= 4 is 11.6 Å². The van der Waals surface area contributed by atoms with Gasteiger partial charge in [-0.2, -0.15) is 5.10 Å². The molecule has 1 heterocycles. The first-order valence-electron chi connectivity index (χ1n) is 5.39. The third-order valence-electron chi connectivity index (χ3n) is 2.53. The molecule has 1 aromatic heterocycles. The molecule has 0 aliphatic carbocycles. The second-order valence-corrected chi connectivity index (χ2v) is 4.18. The summed E-state index contributed by atoms with van der Waals surface area (Å²) in [5.41, 5.74) is 7.48. The summed E-state index contributed by atoms with van der Waals surface area (Å²) in [7, 11) is 0. The average molecular weight is 252 g/mol. The highest BCUT2D eigenvalue weighted by Gasteiger charge is 2.07. The van der Waals surface area contributed by atoms with Crippen LogP contribution in [0.1, 0.15) is 11.1 Å². The van der Waals surface area contributed by atoms with Crippen LogP contribution in [-0.4, -0.2) is 21.4 Å². The van der Waals surface area contributed by atoms with E-state index < -0.39 is 0 Å². The molecular formula is C12H14ClN3O. The smallest absolute Gasteiger partial charge is 0.130 e. The van der Waals surface area contributed by atoms with Gasteiger partial charge in [-0.15, -0.1) is 0 Å². The lowest BCUT2D eigenvalue weighted by molar-refractivity contribution is 0.475. The minimum Gasteiger partial charge on any atom is -0.508 e. The van der Waals surface area contributed by atoms with E-state index in [-0.39, 0.29) is 5.75 Å². The van der Waals surface area contributed by atoms with Crippen molar-refractivity contribution in [3.05, 3.63) is 46.7 Å². The summed E-state index contributed by atoms with van der Waals surface area (Å²) in [4.78, 5) is 0. The molecule has 0 aliphatic heterocycles. The zero-order valence-electron chi connectivity index (χ0n) is 9.31. The Morgan fingerprint density at radius 2 is 2.00 bits per heavy atom. The number of halogens is 1. The van der Waals surface area contributed by atoms with E-state index in [9.17, 15) is 5.11 Å². The number of nitrogens with two attached hydrogens (primary N) is 1. The number of aromatic hydroxyl groups is 1. The van der Waals surface area contributed by atoms with E-state index in [4.69, 9.17) is 17.3 Å². The highest BCUT2D eigenvalue weighted by Crippen LogP contribution is 2.18. The molecule has 1 aromatic carbocycles. The molecule has 0 bridgehead atoms. The van der Waals surface area contributed by atoms with Crippen LogP contribution < -0.4 is 5.73 Å². The number of benzene rings is 1. The Labute approximate surface area is 105 Å². The molecule has 0 radical (unpaired) electrons. The van der Waals surface area contributed by atoms with E-state index in [2.05, 4.69) is 5.10 Å². The summed E-state index contributed by atoms with van der Waals surface area (Å²) in [5, 5.41) is 14.0. The van der Waals surface area contributed by atoms with Gasteiger partial charge >= 0.3 is 0 Å². The normalized spacial score (nSPS) is 10.7. The minimum absolute atomic E-state index is 0.254. The highest BCUT2D eigenvalue weighted by atomic mass is 35.5. The SMILES string of the molecule is NCCc1cnn(Cc2ccc(O)cc2)c1Cl. The summed E-state index contributed by atoms with van der Waals surface area (Å²) in [6.07, 6.45) is 2.48. The van der Waals surface area contributed by atoms with Crippen LogP contribution in [0.25, 0.3) is 0 Å². The lowest BCUT2D eigenvalue weighted by atomic mass is 10.2. The maximum atomic E-state index is 9.19. The monoisotopic (exact) mass is 251 g/mol. The zero-order valence-corrected chi connectivity index (χ0v) is 10.1. The quantitative estimate of drug-likeness (QED) is 0.871. The molecule has 4 nitrogen and oxygen atoms in total. The molecule has 0 atom stereocenters. The standard InChI is InChI=1S/C12H14ClN3O/c13-12-10(5-6-14)7-15-16(12)8-9-1-3-11(17)4-2-9/h1-4,7,17H,5-6,8,14H2. The molecule has 3 N–H and O–H groups in total. The minimum atomic E-state index is 0.254. The maximum Gasteiger partial charge on any atom is 0.130 e. The summed E-state index contributed by atoms with van der Waals surface area (Å²) >= 11 is 6.18. The lowest BCUT2D eigenvalue weighted by Gasteiger charge is -2.04. The van der Waals surface area contributed by atoms with E-state index in [1.807, 2.05) is 12.1 Å². The van der Waals surface area contributed by atoms with E-state index in [1.165, 1.54) is 0 Å². The van der Waals surface area contributed by atoms with Crippen LogP contribution in [0.3, 0.4) is 0 Å². The van der Waals surface area contributed by atoms with Crippen LogP contribution in [0, 0.1) is 0 Å². The fourth-order valence-corrected chi connectivity index (χ4v) is 1.86. The van der Waals surface area contributed by atoms with Crippen molar-refractivity contribution in [3.8, 4) is 5.75 Å². The molecule has 90 valence electrons. The first-order valence-corrected chi connectivity index (χ1v) is 5.76. The van der Waals surface area contributed by atoms with Crippen molar-refractivity contribution in [2.45, 2.75) is 13.0 Å². The molecule has 17 heavy (non-hydrogen) atoms. The third kappa shape index (κ3) is 2.78. The van der Waals surface area contributed by atoms with E-state index >= 15 is 0 Å². The van der Waals surface area contributed by atoms with Crippen molar-refractivity contribution in [2.75, 3.05) is 6.54 Å². The predicted octanol–water partition coefficient (Wildman–Crippen LogP) is 1.79. The first-order chi connectivity index (χ1) is 8.20. The van der Waals surface area contributed by atoms with Gasteiger partial charge < -0.3 is 10.8 Å². The van der Waals surface area contributed by atoms with Gasteiger partial charge in [-0.1, -0.05) is 23.7 Å². The van der Waals surface area contributed by atoms with Crippen molar-refractivity contribution in [2.24, 2.45) is 5.73 Å². The number of hydrogen-bond acceptors (Lipinski definition) is 3. The fourth-order valence-electron chi connectivity index (χ4n) is 1.62. The average Bonchev–Trinajstić information content (AvgIpc) is 2.65. The van der Waals surface area contributed by atoms with Gasteiger partial charge in [0.1, 0.15) is 10.9 Å². The number of hydrogen-bond donors (Lipinski definition) is 2. The van der Waals surface area contributed by atoms with Gasteiger partial charge in [-0.25, -0.2) is 4.68 Å². The molecule has 5 heteroatoms. The molecule has 0 spiro atoms. The summed E-state index contributed by atoms with van der Waals surface area (Å²) in [5.74, 6) is 0.254. The molecule has 2 rings (SSSR count). The highest BCUT2D eigenvalue weighted by molar-refractivity contribution is 6.30. The summed E-state index contributed by atoms with van der Waals surface area (Å²) in [6, 6.07) is 6.98. The van der Waals surface area contributed by atoms with Crippen LogP contribution in [0.2, 0.25) is 5.15 Å². The lowest BCUT2D eigenvalue weighted by Crippen LogP contribution is -2.04. The van der Waals surface area contributed by atoms with Gasteiger partial charge in [0.15, 0.2) is 0 Å². The van der Waals surface area contributed by atoms with Gasteiger partial charge in [-0.3, -0.25) is 0 Å². The molecule has 0 aliphatic rings. The Morgan fingerprint density at radius 3 is 2.65 bits per heavy atom. The van der Waals surface area contributed by atoms with Crippen LogP contribution in [-0.2, 0) is 13.0 Å². The number of nitrogens with zero attached hydrogens (tertiary/aromatic N) is 2. The second kappa shape index (κ2) is 5.21. The second-order valence-electron chi connectivity index (χ2n) is 3.82. The van der Waals surface area contributed by atoms with Gasteiger partial charge in [0, 0.05) is 5.56 Å². The zero-order chi connectivity index (χ0) is 12.3. The Hall–Kier alpha value is -1.52. The topological polar surface area (TPSA) is 64.1 Å². The molecule has 2 aromatic rings. The van der Waals surface area contributed by atoms with Crippen molar-refractivity contribution in [1.29, 1.82) is 0 Å². The van der Waals surface area contributed by atoms with Crippen LogP contribution in [0.15, 0.2) is 30.5 Å². The van der Waals surface area contributed by atoms with Gasteiger partial charge in [-0.05, 0) is 30.7 Å². The molecule has 0 saturated carbocycles. The van der Waals surface area contributed by atoms with Crippen molar-refractivity contribution in [3.63, 3.8) is 0 Å². The van der Waals surface area contributed by atoms with Crippen LogP contribution in [0.5, 0.6) is 5.75 Å². The van der Waals surface area contributed by atoms with Gasteiger partial charge in [0.05, 0.1) is 12.7 Å². The largest absolute Gasteiger partial charge is 0.508 e. The van der Waals surface area contributed by atoms with E-state index in [0.717, 1.165) is 17.5 Å². The van der Waals surface area contributed by atoms with Crippen molar-refractivity contribution in [1.82, 2.24) is 9.78 Å². The third-order valence-corrected chi connectivity index (χ3v) is 2.96. The van der Waals surface area contributed by atoms with Crippen molar-refractivity contribution < 1.29 is 5.11 Å². The summed E-state index contributed by atoms with van der Waals surface area (Å²) in [6.45, 7) is 1.15. The van der Waals surface area contributed by atoms with Crippen LogP contribution in [0.4, 0.5) is 0 Å². The van der Waals surface area contributed by atoms with E-state index in [0.29, 0.717) is 18.2 Å². The van der Waals surface area contributed by atoms with Gasteiger partial charge in [0.25, 0.3) is 0 Å². The molecular weight excluding hydrogens is 238 g/mol. The predicted molar refractivity (Wildman–Crippen MR) is 67.2 cm³/mol. The number of phenolic OH excluding ortho intramolecular Hbond substituents is 1. The number of rotatable bonds is 4. The number of aromatic nitrogens is 2. The molecule has 0 unspecified atom stereocenters. The Kier molecular flexibility index (Phi) is 3.66. The van der Waals surface area contributed by atoms with Crippen LogP contribution >= 0.6 is 11.6 Å². The molecule has 0 fully saturated rings.